The molecule has 0 fully saturated rings. The average molecular weight is 481 g/mol. The molecule has 3 aromatic carbocycles. The van der Waals surface area contributed by atoms with Gasteiger partial charge in [-0.25, -0.2) is 0 Å². The van der Waals surface area contributed by atoms with Crippen LogP contribution in [0.3, 0.4) is 0 Å². The molecule has 3 heteroatoms. The average Bonchev–Trinajstić information content (AvgIpc) is 2.90. The summed E-state index contributed by atoms with van der Waals surface area (Å²) in [6.45, 7) is 8.78. The molecule has 0 radical (unpaired) electrons. The van der Waals surface area contributed by atoms with Gasteiger partial charge in [0, 0.05) is 25.2 Å². The molecule has 0 amide bonds. The fourth-order valence-corrected chi connectivity index (χ4v) is 4.57. The minimum Gasteiger partial charge on any atom is -0.364 e. The number of hydrogen-bond acceptors (Lipinski definition) is 3. The van der Waals surface area contributed by atoms with Crippen molar-refractivity contribution in [2.45, 2.75) is 20.3 Å². The predicted octanol–water partition coefficient (Wildman–Crippen LogP) is 8.09. The largest absolute Gasteiger partial charge is 0.364 e. The van der Waals surface area contributed by atoms with Crippen molar-refractivity contribution < 1.29 is 0 Å². The lowest BCUT2D eigenvalue weighted by atomic mass is 9.93. The Hall–Kier alpha value is -3.43. The van der Waals surface area contributed by atoms with Crippen LogP contribution >= 0.6 is 11.8 Å². The molecule has 0 unspecified atom stereocenters. The van der Waals surface area contributed by atoms with Crippen LogP contribution < -0.4 is 5.32 Å². The standard InChI is InChI=1S/C32H36N2S/c1-7-15-29(27-22-20-25(8-2)21-23-27)32(35-6)33-31(34(4)5)30(28-18-13-10-14-19-28)24(3)26-16-11-9-12-17-26/h7,9-23,33H,3,8H2,1-2,4-6H3/b15-7+,31-30+,32-29-. The van der Waals surface area contributed by atoms with Gasteiger partial charge in [0.05, 0.1) is 5.03 Å². The Morgan fingerprint density at radius 3 is 1.91 bits per heavy atom. The van der Waals surface area contributed by atoms with Crippen LogP contribution in [0.4, 0.5) is 0 Å². The molecule has 0 aliphatic carbocycles. The van der Waals surface area contributed by atoms with Crippen LogP contribution in [0.2, 0.25) is 0 Å². The van der Waals surface area contributed by atoms with Crippen molar-refractivity contribution in [3.63, 3.8) is 0 Å². The molecule has 0 heterocycles. The molecular weight excluding hydrogens is 444 g/mol. The third kappa shape index (κ3) is 6.58. The number of hydrogen-bond donors (Lipinski definition) is 1. The first-order valence-corrected chi connectivity index (χ1v) is 13.2. The van der Waals surface area contributed by atoms with E-state index in [0.29, 0.717) is 0 Å². The van der Waals surface area contributed by atoms with Gasteiger partial charge in [-0.15, -0.1) is 11.8 Å². The Morgan fingerprint density at radius 2 is 1.43 bits per heavy atom. The van der Waals surface area contributed by atoms with Crippen molar-refractivity contribution in [2.75, 3.05) is 20.4 Å². The van der Waals surface area contributed by atoms with Crippen LogP contribution in [0.15, 0.2) is 115 Å². The summed E-state index contributed by atoms with van der Waals surface area (Å²) >= 11 is 1.72. The summed E-state index contributed by atoms with van der Waals surface area (Å²) in [6, 6.07) is 29.7. The second-order valence-electron chi connectivity index (χ2n) is 8.45. The molecule has 3 rings (SSSR count). The minimum atomic E-state index is 0.980. The smallest absolute Gasteiger partial charge is 0.114 e. The molecule has 180 valence electrons. The van der Waals surface area contributed by atoms with Gasteiger partial charge in [-0.2, -0.15) is 0 Å². The number of nitrogens with zero attached hydrogens (tertiary/aromatic N) is 1. The minimum absolute atomic E-state index is 0.980. The number of rotatable bonds is 10. The van der Waals surface area contributed by atoms with Crippen LogP contribution in [0.5, 0.6) is 0 Å². The van der Waals surface area contributed by atoms with Crippen molar-refractivity contribution in [3.8, 4) is 0 Å². The number of benzene rings is 3. The van der Waals surface area contributed by atoms with Crippen molar-refractivity contribution in [1.82, 2.24) is 10.2 Å². The summed E-state index contributed by atoms with van der Waals surface area (Å²) in [5.41, 5.74) is 7.98. The molecule has 0 bridgehead atoms. The monoisotopic (exact) mass is 480 g/mol. The maximum atomic E-state index is 4.54. The molecule has 3 aromatic rings. The van der Waals surface area contributed by atoms with Gasteiger partial charge < -0.3 is 10.2 Å². The molecule has 0 saturated heterocycles. The molecule has 0 spiro atoms. The second kappa shape index (κ2) is 12.9. The van der Waals surface area contributed by atoms with E-state index >= 15 is 0 Å². The SMILES string of the molecule is C=C(/C(=C(/N/C(SC)=C(\C=C\C)c1ccc(CC)cc1)N(C)C)c1ccccc1)c1ccccc1. The maximum absolute atomic E-state index is 4.54. The van der Waals surface area contributed by atoms with Crippen LogP contribution in [-0.4, -0.2) is 25.3 Å². The third-order valence-electron chi connectivity index (χ3n) is 5.86. The number of aryl methyl sites for hydroxylation is 1. The van der Waals surface area contributed by atoms with Gasteiger partial charge in [0.15, 0.2) is 0 Å². The van der Waals surface area contributed by atoms with E-state index in [2.05, 4.69) is 136 Å². The molecule has 0 aromatic heterocycles. The van der Waals surface area contributed by atoms with Crippen LogP contribution in [-0.2, 0) is 6.42 Å². The van der Waals surface area contributed by atoms with Gasteiger partial charge in [-0.3, -0.25) is 0 Å². The van der Waals surface area contributed by atoms with E-state index in [1.807, 2.05) is 12.1 Å². The lowest BCUT2D eigenvalue weighted by Crippen LogP contribution is -2.27. The van der Waals surface area contributed by atoms with E-state index < -0.39 is 0 Å². The number of thioether (sulfide) groups is 1. The maximum Gasteiger partial charge on any atom is 0.114 e. The Morgan fingerprint density at radius 1 is 0.857 bits per heavy atom. The molecular formula is C32H36N2S. The van der Waals surface area contributed by atoms with Gasteiger partial charge in [0.2, 0.25) is 0 Å². The van der Waals surface area contributed by atoms with Crippen molar-refractivity contribution in [1.29, 1.82) is 0 Å². The second-order valence-corrected chi connectivity index (χ2v) is 9.27. The fraction of sp³-hybridized carbons (Fsp3) is 0.188. The van der Waals surface area contributed by atoms with Gasteiger partial charge in [-0.05, 0) is 47.4 Å². The van der Waals surface area contributed by atoms with Gasteiger partial charge in [-0.1, -0.05) is 111 Å². The Balaban J connectivity index is 2.22. The molecule has 2 nitrogen and oxygen atoms in total. The molecule has 35 heavy (non-hydrogen) atoms. The first-order valence-electron chi connectivity index (χ1n) is 12.0. The highest BCUT2D eigenvalue weighted by atomic mass is 32.2. The summed E-state index contributed by atoms with van der Waals surface area (Å²) in [7, 11) is 4.15. The van der Waals surface area contributed by atoms with E-state index in [-0.39, 0.29) is 0 Å². The fourth-order valence-electron chi connectivity index (χ4n) is 3.97. The lowest BCUT2D eigenvalue weighted by molar-refractivity contribution is 0.485. The third-order valence-corrected chi connectivity index (χ3v) is 6.59. The zero-order chi connectivity index (χ0) is 25.2. The summed E-state index contributed by atoms with van der Waals surface area (Å²) in [5, 5.41) is 4.89. The van der Waals surface area contributed by atoms with Gasteiger partial charge in [0.1, 0.15) is 5.82 Å². The molecule has 0 atom stereocenters. The predicted molar refractivity (Wildman–Crippen MR) is 157 cm³/mol. The molecule has 0 aliphatic rings. The van der Waals surface area contributed by atoms with Crippen LogP contribution in [0.25, 0.3) is 16.7 Å². The van der Waals surface area contributed by atoms with E-state index in [4.69, 9.17) is 0 Å². The Bertz CT molecular complexity index is 1200. The topological polar surface area (TPSA) is 15.3 Å². The van der Waals surface area contributed by atoms with E-state index in [1.54, 1.807) is 11.8 Å². The zero-order valence-corrected chi connectivity index (χ0v) is 22.3. The van der Waals surface area contributed by atoms with Crippen molar-refractivity contribution in [3.05, 3.63) is 137 Å². The summed E-state index contributed by atoms with van der Waals surface area (Å²) < 4.78 is 0. The van der Waals surface area contributed by atoms with Crippen LogP contribution in [0, 0.1) is 0 Å². The molecule has 1 N–H and O–H groups in total. The van der Waals surface area contributed by atoms with Crippen LogP contribution in [0.1, 0.15) is 36.1 Å². The van der Waals surface area contributed by atoms with E-state index in [0.717, 1.165) is 39.5 Å². The highest BCUT2D eigenvalue weighted by molar-refractivity contribution is 8.02. The Labute approximate surface area is 215 Å². The van der Waals surface area contributed by atoms with Gasteiger partial charge >= 0.3 is 0 Å². The number of allylic oxidation sites excluding steroid dienone is 5. The van der Waals surface area contributed by atoms with E-state index in [1.165, 1.54) is 16.7 Å². The quantitative estimate of drug-likeness (QED) is 0.295. The summed E-state index contributed by atoms with van der Waals surface area (Å²) in [4.78, 5) is 2.14. The normalized spacial score (nSPS) is 12.7. The molecule has 0 saturated carbocycles. The molecule has 0 aliphatic heterocycles. The summed E-state index contributed by atoms with van der Waals surface area (Å²) in [6.07, 6.45) is 7.43. The van der Waals surface area contributed by atoms with E-state index in [9.17, 15) is 0 Å². The van der Waals surface area contributed by atoms with Crippen molar-refractivity contribution >= 4 is 28.5 Å². The Kier molecular flexibility index (Phi) is 9.63. The zero-order valence-electron chi connectivity index (χ0n) is 21.5. The van der Waals surface area contributed by atoms with Gasteiger partial charge in [0.25, 0.3) is 0 Å². The highest BCUT2D eigenvalue weighted by Gasteiger charge is 2.18. The highest BCUT2D eigenvalue weighted by Crippen LogP contribution is 2.34. The summed E-state index contributed by atoms with van der Waals surface area (Å²) in [5.74, 6) is 1.00. The lowest BCUT2D eigenvalue weighted by Gasteiger charge is -2.27. The first kappa shape index (κ1) is 26.2. The number of nitrogens with one attached hydrogen (secondary N) is 1. The van der Waals surface area contributed by atoms with Crippen molar-refractivity contribution in [2.24, 2.45) is 0 Å². The first-order chi connectivity index (χ1) is 17.0.